The summed E-state index contributed by atoms with van der Waals surface area (Å²) in [5, 5.41) is 8.76. The van der Waals surface area contributed by atoms with E-state index < -0.39 is 12.1 Å². The van der Waals surface area contributed by atoms with E-state index in [2.05, 4.69) is 0 Å². The van der Waals surface area contributed by atoms with Crippen LogP contribution in [0.4, 0.5) is 0 Å². The summed E-state index contributed by atoms with van der Waals surface area (Å²) in [5.74, 6) is -0.927. The van der Waals surface area contributed by atoms with Gasteiger partial charge in [0.25, 0.3) is 0 Å². The van der Waals surface area contributed by atoms with Crippen LogP contribution < -0.4 is 0 Å². The fourth-order valence-corrected chi connectivity index (χ4v) is 1.36. The Hall–Kier alpha value is -0.610. The lowest BCUT2D eigenvalue weighted by Crippen LogP contribution is -2.36. The van der Waals surface area contributed by atoms with Crippen molar-refractivity contribution >= 4 is 5.97 Å². The van der Waals surface area contributed by atoms with Gasteiger partial charge in [0.2, 0.25) is 0 Å². The molecular formula is C8H14O4. The van der Waals surface area contributed by atoms with Gasteiger partial charge in [-0.25, -0.2) is 4.79 Å². The standard InChI is InChI=1S/C8H14O4/c1-2-11-7(8(9)10)6-4-3-5-12-6/h6-7H,2-5H2,1H3,(H,9,10). The highest BCUT2D eigenvalue weighted by Crippen LogP contribution is 2.17. The average molecular weight is 174 g/mol. The van der Waals surface area contributed by atoms with Gasteiger partial charge >= 0.3 is 5.97 Å². The summed E-state index contributed by atoms with van der Waals surface area (Å²) in [7, 11) is 0. The first-order chi connectivity index (χ1) is 5.75. The number of carboxylic acids is 1. The molecule has 1 rings (SSSR count). The van der Waals surface area contributed by atoms with E-state index in [-0.39, 0.29) is 6.10 Å². The fourth-order valence-electron chi connectivity index (χ4n) is 1.36. The molecule has 4 nitrogen and oxygen atoms in total. The third-order valence-corrected chi connectivity index (χ3v) is 1.89. The molecule has 0 aliphatic carbocycles. The van der Waals surface area contributed by atoms with Crippen molar-refractivity contribution in [3.8, 4) is 0 Å². The maximum atomic E-state index is 10.7. The molecule has 0 aromatic rings. The van der Waals surface area contributed by atoms with Crippen LogP contribution in [0.25, 0.3) is 0 Å². The summed E-state index contributed by atoms with van der Waals surface area (Å²) < 4.78 is 10.3. The monoisotopic (exact) mass is 174 g/mol. The number of hydrogen-bond donors (Lipinski definition) is 1. The van der Waals surface area contributed by atoms with Crippen LogP contribution in [-0.4, -0.2) is 36.5 Å². The van der Waals surface area contributed by atoms with E-state index in [1.165, 1.54) is 0 Å². The maximum absolute atomic E-state index is 10.7. The van der Waals surface area contributed by atoms with Crippen LogP contribution in [0, 0.1) is 0 Å². The Morgan fingerprint density at radius 1 is 1.83 bits per heavy atom. The molecule has 0 aromatic heterocycles. The van der Waals surface area contributed by atoms with E-state index in [1.54, 1.807) is 6.92 Å². The number of hydrogen-bond acceptors (Lipinski definition) is 3. The van der Waals surface area contributed by atoms with E-state index in [4.69, 9.17) is 14.6 Å². The third-order valence-electron chi connectivity index (χ3n) is 1.89. The fraction of sp³-hybridized carbons (Fsp3) is 0.875. The molecule has 12 heavy (non-hydrogen) atoms. The molecule has 0 amide bonds. The smallest absolute Gasteiger partial charge is 0.335 e. The van der Waals surface area contributed by atoms with E-state index in [0.717, 1.165) is 12.8 Å². The Morgan fingerprint density at radius 2 is 2.58 bits per heavy atom. The molecule has 0 radical (unpaired) electrons. The van der Waals surface area contributed by atoms with Gasteiger partial charge in [-0.05, 0) is 19.8 Å². The molecule has 1 aliphatic rings. The number of aliphatic carboxylic acids is 1. The van der Waals surface area contributed by atoms with Crippen molar-refractivity contribution < 1.29 is 19.4 Å². The molecule has 70 valence electrons. The van der Waals surface area contributed by atoms with Crippen molar-refractivity contribution in [1.29, 1.82) is 0 Å². The van der Waals surface area contributed by atoms with Crippen molar-refractivity contribution in [1.82, 2.24) is 0 Å². The summed E-state index contributed by atoms with van der Waals surface area (Å²) in [6.07, 6.45) is 0.693. The highest BCUT2D eigenvalue weighted by Gasteiger charge is 2.31. The Morgan fingerprint density at radius 3 is 3.00 bits per heavy atom. The van der Waals surface area contributed by atoms with E-state index in [9.17, 15) is 4.79 Å². The number of carbonyl (C=O) groups is 1. The van der Waals surface area contributed by atoms with Gasteiger partial charge < -0.3 is 14.6 Å². The van der Waals surface area contributed by atoms with Crippen molar-refractivity contribution in [2.24, 2.45) is 0 Å². The van der Waals surface area contributed by atoms with E-state index in [0.29, 0.717) is 13.2 Å². The minimum atomic E-state index is -0.927. The summed E-state index contributed by atoms with van der Waals surface area (Å²) in [6.45, 7) is 2.85. The number of ether oxygens (including phenoxy) is 2. The summed E-state index contributed by atoms with van der Waals surface area (Å²) >= 11 is 0. The van der Waals surface area contributed by atoms with Crippen molar-refractivity contribution in [2.75, 3.05) is 13.2 Å². The maximum Gasteiger partial charge on any atom is 0.335 e. The molecule has 0 saturated carbocycles. The molecule has 2 unspecified atom stereocenters. The van der Waals surface area contributed by atoms with Crippen molar-refractivity contribution in [3.05, 3.63) is 0 Å². The van der Waals surface area contributed by atoms with Gasteiger partial charge in [-0.1, -0.05) is 0 Å². The molecule has 1 heterocycles. The van der Waals surface area contributed by atoms with Gasteiger partial charge in [0.05, 0.1) is 6.10 Å². The normalized spacial score (nSPS) is 25.6. The second-order valence-electron chi connectivity index (χ2n) is 2.77. The summed E-state index contributed by atoms with van der Waals surface area (Å²) in [4.78, 5) is 10.7. The largest absolute Gasteiger partial charge is 0.479 e. The van der Waals surface area contributed by atoms with Crippen LogP contribution in [0.15, 0.2) is 0 Å². The van der Waals surface area contributed by atoms with Crippen LogP contribution >= 0.6 is 0 Å². The Balaban J connectivity index is 2.45. The molecule has 0 aromatic carbocycles. The van der Waals surface area contributed by atoms with Gasteiger partial charge in [0.1, 0.15) is 0 Å². The molecule has 0 bridgehead atoms. The quantitative estimate of drug-likeness (QED) is 0.680. The van der Waals surface area contributed by atoms with Crippen LogP contribution in [0.1, 0.15) is 19.8 Å². The molecule has 2 atom stereocenters. The SMILES string of the molecule is CCOC(C(=O)O)C1CCCO1. The zero-order chi connectivity index (χ0) is 8.97. The summed E-state index contributed by atoms with van der Waals surface area (Å²) in [5.41, 5.74) is 0. The van der Waals surface area contributed by atoms with Crippen LogP contribution in [-0.2, 0) is 14.3 Å². The van der Waals surface area contributed by atoms with Gasteiger partial charge in [-0.2, -0.15) is 0 Å². The second kappa shape index (κ2) is 4.42. The molecule has 1 saturated heterocycles. The first-order valence-corrected chi connectivity index (χ1v) is 4.21. The highest BCUT2D eigenvalue weighted by atomic mass is 16.6. The molecule has 1 aliphatic heterocycles. The summed E-state index contributed by atoms with van der Waals surface area (Å²) in [6, 6.07) is 0. The third kappa shape index (κ3) is 2.19. The van der Waals surface area contributed by atoms with Crippen molar-refractivity contribution in [3.63, 3.8) is 0 Å². The van der Waals surface area contributed by atoms with Gasteiger partial charge in [-0.3, -0.25) is 0 Å². The van der Waals surface area contributed by atoms with Crippen LogP contribution in [0.3, 0.4) is 0 Å². The van der Waals surface area contributed by atoms with Gasteiger partial charge in [0.15, 0.2) is 6.10 Å². The lowest BCUT2D eigenvalue weighted by molar-refractivity contribution is -0.158. The Bertz CT molecular complexity index is 151. The zero-order valence-electron chi connectivity index (χ0n) is 7.16. The number of carboxylic acid groups (broad SMARTS) is 1. The molecular weight excluding hydrogens is 160 g/mol. The number of rotatable bonds is 4. The van der Waals surface area contributed by atoms with Gasteiger partial charge in [-0.15, -0.1) is 0 Å². The lowest BCUT2D eigenvalue weighted by atomic mass is 10.1. The first kappa shape index (κ1) is 9.48. The zero-order valence-corrected chi connectivity index (χ0v) is 7.16. The second-order valence-corrected chi connectivity index (χ2v) is 2.77. The first-order valence-electron chi connectivity index (χ1n) is 4.21. The minimum Gasteiger partial charge on any atom is -0.479 e. The highest BCUT2D eigenvalue weighted by molar-refractivity contribution is 5.73. The Labute approximate surface area is 71.5 Å². The van der Waals surface area contributed by atoms with Crippen molar-refractivity contribution in [2.45, 2.75) is 32.0 Å². The minimum absolute atomic E-state index is 0.248. The predicted molar refractivity (Wildman–Crippen MR) is 42.0 cm³/mol. The van der Waals surface area contributed by atoms with Crippen LogP contribution in [0.2, 0.25) is 0 Å². The lowest BCUT2D eigenvalue weighted by Gasteiger charge is -2.18. The topological polar surface area (TPSA) is 55.8 Å². The molecule has 0 spiro atoms. The average Bonchev–Trinajstić information content (AvgIpc) is 2.51. The predicted octanol–water partition coefficient (Wildman–Crippen LogP) is 0.655. The molecule has 4 heteroatoms. The van der Waals surface area contributed by atoms with E-state index >= 15 is 0 Å². The molecule has 1 fully saturated rings. The van der Waals surface area contributed by atoms with Gasteiger partial charge in [0, 0.05) is 13.2 Å². The van der Waals surface area contributed by atoms with Crippen LogP contribution in [0.5, 0.6) is 0 Å². The van der Waals surface area contributed by atoms with E-state index in [1.807, 2.05) is 0 Å². The Kier molecular flexibility index (Phi) is 3.49. The molecule has 1 N–H and O–H groups in total.